The average molecular weight is 302 g/mol. The average Bonchev–Trinajstić information content (AvgIpc) is 3.30. The first kappa shape index (κ1) is 14.1. The topological polar surface area (TPSA) is 58.2 Å². The van der Waals surface area contributed by atoms with Gasteiger partial charge in [0.15, 0.2) is 0 Å². The third kappa shape index (κ3) is 3.62. The van der Waals surface area contributed by atoms with Crippen LogP contribution in [0.5, 0.6) is 0 Å². The summed E-state index contributed by atoms with van der Waals surface area (Å²) in [7, 11) is -3.44. The van der Waals surface area contributed by atoms with Gasteiger partial charge in [-0.25, -0.2) is 13.1 Å². The summed E-state index contributed by atoms with van der Waals surface area (Å²) in [6.07, 6.45) is 1.86. The second-order valence-electron chi connectivity index (χ2n) is 5.23. The summed E-state index contributed by atoms with van der Waals surface area (Å²) in [6, 6.07) is 17.0. The van der Waals surface area contributed by atoms with Crippen LogP contribution in [-0.2, 0) is 16.6 Å². The Kier molecular flexibility index (Phi) is 3.94. The normalized spacial score (nSPS) is 14.9. The molecule has 3 rings (SSSR count). The van der Waals surface area contributed by atoms with Crippen molar-refractivity contribution >= 4 is 15.7 Å². The molecule has 0 radical (unpaired) electrons. The molecule has 110 valence electrons. The van der Waals surface area contributed by atoms with Gasteiger partial charge < -0.3 is 5.32 Å². The summed E-state index contributed by atoms with van der Waals surface area (Å²) in [5, 5.41) is 3.21. The highest BCUT2D eigenvalue weighted by atomic mass is 32.2. The van der Waals surface area contributed by atoms with Gasteiger partial charge in [-0.3, -0.25) is 0 Å². The highest BCUT2D eigenvalue weighted by Gasteiger charge is 2.29. The third-order valence-electron chi connectivity index (χ3n) is 3.40. The quantitative estimate of drug-likeness (QED) is 0.862. The first-order chi connectivity index (χ1) is 10.1. The lowest BCUT2D eigenvalue weighted by atomic mass is 10.2. The van der Waals surface area contributed by atoms with Crippen molar-refractivity contribution in [1.82, 2.24) is 4.72 Å². The van der Waals surface area contributed by atoms with E-state index in [-0.39, 0.29) is 6.04 Å². The van der Waals surface area contributed by atoms with Crippen molar-refractivity contribution in [2.75, 3.05) is 5.32 Å². The summed E-state index contributed by atoms with van der Waals surface area (Å²) in [5.41, 5.74) is 1.74. The van der Waals surface area contributed by atoms with Crippen molar-refractivity contribution < 1.29 is 8.42 Å². The molecule has 1 saturated carbocycles. The second kappa shape index (κ2) is 5.87. The second-order valence-corrected chi connectivity index (χ2v) is 6.91. The number of nitrogens with one attached hydrogen (secondary N) is 2. The Hall–Kier alpha value is -1.85. The monoisotopic (exact) mass is 302 g/mol. The van der Waals surface area contributed by atoms with Gasteiger partial charge in [-0.15, -0.1) is 0 Å². The molecular formula is C16H18N2O2S. The lowest BCUT2D eigenvalue weighted by Gasteiger charge is -2.13. The van der Waals surface area contributed by atoms with E-state index in [1.807, 2.05) is 36.4 Å². The van der Waals surface area contributed by atoms with Crippen LogP contribution in [0.15, 0.2) is 59.5 Å². The Bertz CT molecular complexity index is 710. The Morgan fingerprint density at radius 3 is 2.33 bits per heavy atom. The van der Waals surface area contributed by atoms with Crippen LogP contribution in [0.2, 0.25) is 0 Å². The number of anilines is 1. The third-order valence-corrected chi connectivity index (χ3v) is 4.98. The molecule has 0 aliphatic heterocycles. The van der Waals surface area contributed by atoms with Crippen LogP contribution in [0.3, 0.4) is 0 Å². The minimum Gasteiger partial charge on any atom is -0.380 e. The first-order valence-corrected chi connectivity index (χ1v) is 8.53. The van der Waals surface area contributed by atoms with Crippen molar-refractivity contribution in [2.24, 2.45) is 0 Å². The predicted molar refractivity (Wildman–Crippen MR) is 83.6 cm³/mol. The fraction of sp³-hybridized carbons (Fsp3) is 0.250. The van der Waals surface area contributed by atoms with Crippen molar-refractivity contribution in [3.8, 4) is 0 Å². The van der Waals surface area contributed by atoms with E-state index >= 15 is 0 Å². The van der Waals surface area contributed by atoms with Gasteiger partial charge in [0.25, 0.3) is 0 Å². The molecule has 0 bridgehead atoms. The van der Waals surface area contributed by atoms with E-state index in [0.29, 0.717) is 17.1 Å². The summed E-state index contributed by atoms with van der Waals surface area (Å²) in [5.74, 6) is 0. The largest absolute Gasteiger partial charge is 0.380 e. The van der Waals surface area contributed by atoms with Crippen molar-refractivity contribution in [3.05, 3.63) is 60.2 Å². The van der Waals surface area contributed by atoms with E-state index in [1.54, 1.807) is 18.2 Å². The molecule has 0 amide bonds. The molecule has 0 aromatic heterocycles. The van der Waals surface area contributed by atoms with Gasteiger partial charge in [0, 0.05) is 12.6 Å². The Labute approximate surface area is 125 Å². The standard InChI is InChI=1S/C16H18N2O2S/c19-21(20,18-14-10-11-14)16-9-5-4-8-15(16)17-12-13-6-2-1-3-7-13/h1-9,14,17-18H,10-12H2. The summed E-state index contributed by atoms with van der Waals surface area (Å²) in [6.45, 7) is 0.594. The summed E-state index contributed by atoms with van der Waals surface area (Å²) < 4.78 is 27.4. The van der Waals surface area contributed by atoms with Gasteiger partial charge in [0.2, 0.25) is 10.0 Å². The fourth-order valence-corrected chi connectivity index (χ4v) is 3.61. The van der Waals surface area contributed by atoms with Gasteiger partial charge in [0.1, 0.15) is 4.90 Å². The van der Waals surface area contributed by atoms with Gasteiger partial charge in [-0.05, 0) is 30.5 Å². The van der Waals surface area contributed by atoms with E-state index in [1.165, 1.54) is 0 Å². The molecular weight excluding hydrogens is 284 g/mol. The van der Waals surface area contributed by atoms with E-state index in [9.17, 15) is 8.42 Å². The lowest BCUT2D eigenvalue weighted by Crippen LogP contribution is -2.26. The minimum absolute atomic E-state index is 0.108. The number of sulfonamides is 1. The zero-order valence-corrected chi connectivity index (χ0v) is 12.4. The smallest absolute Gasteiger partial charge is 0.242 e. The minimum atomic E-state index is -3.44. The Morgan fingerprint density at radius 2 is 1.62 bits per heavy atom. The number of hydrogen-bond donors (Lipinski definition) is 2. The number of rotatable bonds is 6. The van der Waals surface area contributed by atoms with Gasteiger partial charge in [-0.1, -0.05) is 42.5 Å². The summed E-state index contributed by atoms with van der Waals surface area (Å²) >= 11 is 0. The maximum atomic E-state index is 12.4. The zero-order valence-electron chi connectivity index (χ0n) is 11.6. The first-order valence-electron chi connectivity index (χ1n) is 7.04. The molecule has 1 aliphatic rings. The molecule has 0 atom stereocenters. The number of para-hydroxylation sites is 1. The van der Waals surface area contributed by atoms with Crippen LogP contribution in [0, 0.1) is 0 Å². The molecule has 0 spiro atoms. The molecule has 2 aromatic rings. The molecule has 2 aromatic carbocycles. The van der Waals surface area contributed by atoms with Gasteiger partial charge in [-0.2, -0.15) is 0 Å². The number of hydrogen-bond acceptors (Lipinski definition) is 3. The van der Waals surface area contributed by atoms with E-state index in [4.69, 9.17) is 0 Å². The fourth-order valence-electron chi connectivity index (χ4n) is 2.12. The van der Waals surface area contributed by atoms with Crippen LogP contribution in [0.4, 0.5) is 5.69 Å². The Morgan fingerprint density at radius 1 is 0.952 bits per heavy atom. The molecule has 5 heteroatoms. The molecule has 1 fully saturated rings. The van der Waals surface area contributed by atoms with Crippen LogP contribution < -0.4 is 10.0 Å². The highest BCUT2D eigenvalue weighted by Crippen LogP contribution is 2.26. The predicted octanol–water partition coefficient (Wildman–Crippen LogP) is 2.74. The molecule has 21 heavy (non-hydrogen) atoms. The lowest BCUT2D eigenvalue weighted by molar-refractivity contribution is 0.581. The zero-order chi connectivity index (χ0) is 14.7. The van der Waals surface area contributed by atoms with E-state index < -0.39 is 10.0 Å². The van der Waals surface area contributed by atoms with Crippen LogP contribution in [0.1, 0.15) is 18.4 Å². The Balaban J connectivity index is 1.79. The van der Waals surface area contributed by atoms with Gasteiger partial charge >= 0.3 is 0 Å². The molecule has 1 aliphatic carbocycles. The SMILES string of the molecule is O=S(=O)(NC1CC1)c1ccccc1NCc1ccccc1. The molecule has 2 N–H and O–H groups in total. The highest BCUT2D eigenvalue weighted by molar-refractivity contribution is 7.89. The molecule has 0 unspecified atom stereocenters. The van der Waals surface area contributed by atoms with Crippen molar-refractivity contribution in [1.29, 1.82) is 0 Å². The molecule has 0 heterocycles. The van der Waals surface area contributed by atoms with E-state index in [2.05, 4.69) is 10.0 Å². The number of benzene rings is 2. The van der Waals surface area contributed by atoms with Crippen molar-refractivity contribution in [3.63, 3.8) is 0 Å². The van der Waals surface area contributed by atoms with E-state index in [0.717, 1.165) is 18.4 Å². The van der Waals surface area contributed by atoms with Crippen LogP contribution in [0.25, 0.3) is 0 Å². The van der Waals surface area contributed by atoms with Crippen molar-refractivity contribution in [2.45, 2.75) is 30.3 Å². The van der Waals surface area contributed by atoms with Crippen LogP contribution in [-0.4, -0.2) is 14.5 Å². The maximum absolute atomic E-state index is 12.4. The summed E-state index contributed by atoms with van der Waals surface area (Å²) in [4.78, 5) is 0.313. The molecule has 4 nitrogen and oxygen atoms in total. The van der Waals surface area contributed by atoms with Crippen LogP contribution >= 0.6 is 0 Å². The maximum Gasteiger partial charge on any atom is 0.242 e. The van der Waals surface area contributed by atoms with Gasteiger partial charge in [0.05, 0.1) is 5.69 Å². The molecule has 0 saturated heterocycles.